The molecule has 1 atom stereocenters. The van der Waals surface area contributed by atoms with Gasteiger partial charge >= 0.3 is 0 Å². The van der Waals surface area contributed by atoms with Gasteiger partial charge in [-0.2, -0.15) is 4.80 Å². The second kappa shape index (κ2) is 4.38. The maximum atomic E-state index is 5.99. The Morgan fingerprint density at radius 3 is 3.17 bits per heavy atom. The molecule has 0 spiro atoms. The quantitative estimate of drug-likeness (QED) is 0.862. The largest absolute Gasteiger partial charge is 0.485 e. The van der Waals surface area contributed by atoms with Crippen LogP contribution < -0.4 is 10.5 Å². The number of nitrogens with two attached hydrogens (primary N) is 1. The molecule has 2 aromatic rings. The van der Waals surface area contributed by atoms with E-state index in [-0.39, 0.29) is 6.04 Å². The molecule has 0 radical (unpaired) electrons. The van der Waals surface area contributed by atoms with Crippen molar-refractivity contribution in [1.29, 1.82) is 0 Å². The van der Waals surface area contributed by atoms with Crippen LogP contribution in [0.2, 0.25) is 0 Å². The average molecular weight is 245 g/mol. The lowest BCUT2D eigenvalue weighted by molar-refractivity contribution is 0.295. The molecule has 1 aliphatic rings. The number of ether oxygens (including phenoxy) is 1. The van der Waals surface area contributed by atoms with Gasteiger partial charge in [0.1, 0.15) is 5.75 Å². The number of aryl methyl sites for hydroxylation is 2. The first-order chi connectivity index (χ1) is 8.72. The first kappa shape index (κ1) is 11.2. The molecule has 6 heteroatoms. The standard InChI is InChI=1S/C12H15N5O/c1-17-15-12(14-16-17)7-18-9-3-4-10-8(6-9)2-5-11(10)13/h3-4,6,11H,2,5,7,13H2,1H3. The van der Waals surface area contributed by atoms with Crippen molar-refractivity contribution in [2.75, 3.05) is 0 Å². The molecule has 1 heterocycles. The zero-order valence-corrected chi connectivity index (χ0v) is 10.2. The number of nitrogens with zero attached hydrogens (tertiary/aromatic N) is 4. The molecule has 0 amide bonds. The van der Waals surface area contributed by atoms with Crippen LogP contribution in [0.3, 0.4) is 0 Å². The van der Waals surface area contributed by atoms with Gasteiger partial charge in [-0.1, -0.05) is 6.07 Å². The number of hydrogen-bond donors (Lipinski definition) is 1. The molecule has 1 unspecified atom stereocenters. The third-order valence-corrected chi connectivity index (χ3v) is 3.16. The maximum absolute atomic E-state index is 5.99. The fraction of sp³-hybridized carbons (Fsp3) is 0.417. The van der Waals surface area contributed by atoms with E-state index in [1.165, 1.54) is 15.9 Å². The van der Waals surface area contributed by atoms with Crippen LogP contribution >= 0.6 is 0 Å². The van der Waals surface area contributed by atoms with E-state index in [4.69, 9.17) is 10.5 Å². The Kier molecular flexibility index (Phi) is 2.71. The Morgan fingerprint density at radius 2 is 2.39 bits per heavy atom. The monoisotopic (exact) mass is 245 g/mol. The fourth-order valence-corrected chi connectivity index (χ4v) is 2.25. The lowest BCUT2D eigenvalue weighted by atomic mass is 10.1. The minimum absolute atomic E-state index is 0.177. The summed E-state index contributed by atoms with van der Waals surface area (Å²) in [5.41, 5.74) is 8.51. The number of fused-ring (bicyclic) bond motifs is 1. The number of rotatable bonds is 3. The van der Waals surface area contributed by atoms with Crippen LogP contribution in [0.15, 0.2) is 18.2 Å². The van der Waals surface area contributed by atoms with Gasteiger partial charge in [0.2, 0.25) is 5.82 Å². The van der Waals surface area contributed by atoms with Gasteiger partial charge < -0.3 is 10.5 Å². The number of tetrazole rings is 1. The molecule has 1 aliphatic carbocycles. The fourth-order valence-electron chi connectivity index (χ4n) is 2.25. The number of hydrogen-bond acceptors (Lipinski definition) is 5. The van der Waals surface area contributed by atoms with Gasteiger partial charge in [0, 0.05) is 6.04 Å². The van der Waals surface area contributed by atoms with Gasteiger partial charge in [-0.15, -0.1) is 10.2 Å². The molecular weight excluding hydrogens is 230 g/mol. The second-order valence-corrected chi connectivity index (χ2v) is 4.49. The highest BCUT2D eigenvalue weighted by molar-refractivity contribution is 5.40. The molecule has 1 aromatic heterocycles. The molecule has 94 valence electrons. The van der Waals surface area contributed by atoms with Gasteiger partial charge in [0.15, 0.2) is 6.61 Å². The van der Waals surface area contributed by atoms with E-state index in [1.54, 1.807) is 7.05 Å². The summed E-state index contributed by atoms with van der Waals surface area (Å²) in [7, 11) is 1.73. The third kappa shape index (κ3) is 2.06. The third-order valence-electron chi connectivity index (χ3n) is 3.16. The van der Waals surface area contributed by atoms with E-state index in [1.807, 2.05) is 12.1 Å². The van der Waals surface area contributed by atoms with Crippen LogP contribution in [0.1, 0.15) is 29.4 Å². The highest BCUT2D eigenvalue weighted by atomic mass is 16.5. The number of aromatic nitrogens is 4. The summed E-state index contributed by atoms with van der Waals surface area (Å²) in [5.74, 6) is 1.41. The van der Waals surface area contributed by atoms with Crippen LogP contribution in [0.5, 0.6) is 5.75 Å². The van der Waals surface area contributed by atoms with Gasteiger partial charge in [-0.25, -0.2) is 0 Å². The summed E-state index contributed by atoms with van der Waals surface area (Å²) in [4.78, 5) is 1.42. The smallest absolute Gasteiger partial charge is 0.212 e. The van der Waals surface area contributed by atoms with Crippen LogP contribution in [-0.2, 0) is 20.1 Å². The molecule has 2 N–H and O–H groups in total. The van der Waals surface area contributed by atoms with Gasteiger partial charge in [0.25, 0.3) is 0 Å². The SMILES string of the molecule is Cn1nnc(COc2ccc3c(c2)CCC3N)n1. The molecular formula is C12H15N5O. The van der Waals surface area contributed by atoms with E-state index in [0.29, 0.717) is 12.4 Å². The second-order valence-electron chi connectivity index (χ2n) is 4.49. The Morgan fingerprint density at radius 1 is 1.50 bits per heavy atom. The number of benzene rings is 1. The minimum Gasteiger partial charge on any atom is -0.485 e. The van der Waals surface area contributed by atoms with Gasteiger partial charge in [0.05, 0.1) is 7.05 Å². The van der Waals surface area contributed by atoms with Crippen molar-refractivity contribution in [3.05, 3.63) is 35.2 Å². The van der Waals surface area contributed by atoms with Crippen molar-refractivity contribution in [3.8, 4) is 5.75 Å². The molecule has 0 aliphatic heterocycles. The summed E-state index contributed by atoms with van der Waals surface area (Å²) < 4.78 is 5.65. The molecule has 3 rings (SSSR count). The first-order valence-electron chi connectivity index (χ1n) is 5.96. The molecule has 0 fully saturated rings. The Hall–Kier alpha value is -1.95. The van der Waals surface area contributed by atoms with Crippen LogP contribution in [-0.4, -0.2) is 20.2 Å². The zero-order chi connectivity index (χ0) is 12.5. The molecule has 0 saturated heterocycles. The highest BCUT2D eigenvalue weighted by Crippen LogP contribution is 2.31. The highest BCUT2D eigenvalue weighted by Gasteiger charge is 2.19. The summed E-state index contributed by atoms with van der Waals surface area (Å²) in [6.45, 7) is 0.332. The summed E-state index contributed by atoms with van der Waals surface area (Å²) in [6, 6.07) is 6.22. The topological polar surface area (TPSA) is 78.8 Å². The molecule has 6 nitrogen and oxygen atoms in total. The Balaban J connectivity index is 1.70. The van der Waals surface area contributed by atoms with Crippen LogP contribution in [0, 0.1) is 0 Å². The molecule has 18 heavy (non-hydrogen) atoms. The van der Waals surface area contributed by atoms with Crippen molar-refractivity contribution in [3.63, 3.8) is 0 Å². The van der Waals surface area contributed by atoms with Crippen molar-refractivity contribution >= 4 is 0 Å². The normalized spacial score (nSPS) is 17.8. The predicted molar refractivity (Wildman–Crippen MR) is 64.8 cm³/mol. The van der Waals surface area contributed by atoms with Crippen LogP contribution in [0.25, 0.3) is 0 Å². The molecule has 0 saturated carbocycles. The van der Waals surface area contributed by atoms with E-state index < -0.39 is 0 Å². The van der Waals surface area contributed by atoms with E-state index in [0.717, 1.165) is 18.6 Å². The Bertz CT molecular complexity index is 565. The van der Waals surface area contributed by atoms with Gasteiger partial charge in [-0.05, 0) is 41.3 Å². The maximum Gasteiger partial charge on any atom is 0.212 e. The average Bonchev–Trinajstić information content (AvgIpc) is 2.94. The van der Waals surface area contributed by atoms with Crippen molar-refractivity contribution in [1.82, 2.24) is 20.2 Å². The molecule has 1 aromatic carbocycles. The van der Waals surface area contributed by atoms with E-state index in [2.05, 4.69) is 21.5 Å². The summed E-state index contributed by atoms with van der Waals surface area (Å²) >= 11 is 0. The van der Waals surface area contributed by atoms with E-state index >= 15 is 0 Å². The van der Waals surface area contributed by atoms with E-state index in [9.17, 15) is 0 Å². The zero-order valence-electron chi connectivity index (χ0n) is 10.2. The summed E-state index contributed by atoms with van der Waals surface area (Å²) in [5, 5.41) is 11.7. The van der Waals surface area contributed by atoms with Crippen molar-refractivity contribution in [2.45, 2.75) is 25.5 Å². The van der Waals surface area contributed by atoms with Crippen molar-refractivity contribution < 1.29 is 4.74 Å². The molecule has 0 bridgehead atoms. The first-order valence-corrected chi connectivity index (χ1v) is 5.96. The lowest BCUT2D eigenvalue weighted by Gasteiger charge is -2.07. The Labute approximate surface area is 105 Å². The van der Waals surface area contributed by atoms with Crippen LogP contribution in [0.4, 0.5) is 0 Å². The van der Waals surface area contributed by atoms with Crippen molar-refractivity contribution in [2.24, 2.45) is 12.8 Å². The minimum atomic E-state index is 0.177. The summed E-state index contributed by atoms with van der Waals surface area (Å²) in [6.07, 6.45) is 2.04. The lowest BCUT2D eigenvalue weighted by Crippen LogP contribution is -2.05. The predicted octanol–water partition coefficient (Wildman–Crippen LogP) is 0.735. The van der Waals surface area contributed by atoms with Gasteiger partial charge in [-0.3, -0.25) is 0 Å².